The molecule has 0 bridgehead atoms. The van der Waals surface area contributed by atoms with Crippen molar-refractivity contribution in [3.8, 4) is 0 Å². The average Bonchev–Trinajstić information content (AvgIpc) is 2.59. The zero-order valence-electron chi connectivity index (χ0n) is 16.8. The minimum absolute atomic E-state index is 0.00449. The molecule has 0 unspecified atom stereocenters. The van der Waals surface area contributed by atoms with Crippen LogP contribution in [0, 0.1) is 0 Å². The Kier molecular flexibility index (Phi) is 8.00. The van der Waals surface area contributed by atoms with Crippen LogP contribution in [0.3, 0.4) is 0 Å². The zero-order chi connectivity index (χ0) is 19.7. The highest BCUT2D eigenvalue weighted by molar-refractivity contribution is 5.78. The maximum atomic E-state index is 12.2. The van der Waals surface area contributed by atoms with E-state index in [0.717, 1.165) is 44.2 Å². The molecule has 2 rings (SSSR count). The van der Waals surface area contributed by atoms with Crippen molar-refractivity contribution in [3.63, 3.8) is 0 Å². The monoisotopic (exact) mass is 376 g/mol. The molecule has 150 valence electrons. The third-order valence-corrected chi connectivity index (χ3v) is 4.42. The number of aryl methyl sites for hydroxylation is 1. The number of hydrogen-bond acceptors (Lipinski definition) is 5. The summed E-state index contributed by atoms with van der Waals surface area (Å²) >= 11 is 0. The summed E-state index contributed by atoms with van der Waals surface area (Å²) in [4.78, 5) is 23.7. The van der Waals surface area contributed by atoms with E-state index in [9.17, 15) is 9.59 Å². The van der Waals surface area contributed by atoms with Crippen LogP contribution >= 0.6 is 0 Å². The van der Waals surface area contributed by atoms with E-state index >= 15 is 0 Å². The fourth-order valence-corrected chi connectivity index (χ4v) is 3.15. The molecule has 0 atom stereocenters. The van der Waals surface area contributed by atoms with Gasteiger partial charge in [-0.25, -0.2) is 4.79 Å². The Balaban J connectivity index is 1.57. The highest BCUT2D eigenvalue weighted by atomic mass is 16.6. The summed E-state index contributed by atoms with van der Waals surface area (Å²) in [6, 6.07) is 0. The quantitative estimate of drug-likeness (QED) is 0.681. The molecule has 0 spiro atoms. The molecule has 0 aliphatic heterocycles. The predicted octanol–water partition coefficient (Wildman–Crippen LogP) is 2.71. The summed E-state index contributed by atoms with van der Waals surface area (Å²) in [5.41, 5.74) is 2.82. The first-order valence-electron chi connectivity index (χ1n) is 9.91. The van der Waals surface area contributed by atoms with Gasteiger partial charge in [-0.3, -0.25) is 4.79 Å². The van der Waals surface area contributed by atoms with Crippen LogP contribution in [0.15, 0.2) is 6.20 Å². The van der Waals surface area contributed by atoms with Crippen molar-refractivity contribution < 1.29 is 14.3 Å². The third-order valence-electron chi connectivity index (χ3n) is 4.42. The van der Waals surface area contributed by atoms with Gasteiger partial charge in [0.05, 0.1) is 18.3 Å². The van der Waals surface area contributed by atoms with Gasteiger partial charge in [0.1, 0.15) is 5.60 Å². The normalized spacial score (nSPS) is 13.6. The van der Waals surface area contributed by atoms with E-state index in [0.29, 0.717) is 19.5 Å². The van der Waals surface area contributed by atoms with Crippen LogP contribution in [0.5, 0.6) is 0 Å². The molecule has 1 aliphatic carbocycles. The Bertz CT molecular complexity index is 641. The number of nitrogens with zero attached hydrogens (tertiary/aromatic N) is 2. The number of carbonyl (C=O) groups is 2. The van der Waals surface area contributed by atoms with E-state index in [2.05, 4.69) is 20.8 Å². The Hall–Kier alpha value is -2.18. The van der Waals surface area contributed by atoms with E-state index in [4.69, 9.17) is 4.74 Å². The summed E-state index contributed by atoms with van der Waals surface area (Å²) in [5.74, 6) is -0.00449. The van der Waals surface area contributed by atoms with Crippen LogP contribution in [0.1, 0.15) is 69.7 Å². The lowest BCUT2D eigenvalue weighted by atomic mass is 9.91. The lowest BCUT2D eigenvalue weighted by Gasteiger charge is -2.19. The highest BCUT2D eigenvalue weighted by Crippen LogP contribution is 2.22. The van der Waals surface area contributed by atoms with Crippen molar-refractivity contribution in [2.24, 2.45) is 0 Å². The number of carbonyl (C=O) groups excluding carboxylic acids is 2. The largest absolute Gasteiger partial charge is 0.444 e. The minimum Gasteiger partial charge on any atom is -0.444 e. The second kappa shape index (κ2) is 10.2. The number of unbranched alkanes of at least 4 members (excludes halogenated alkanes) is 2. The highest BCUT2D eigenvalue weighted by Gasteiger charge is 2.17. The van der Waals surface area contributed by atoms with Crippen molar-refractivity contribution in [1.82, 2.24) is 20.8 Å². The van der Waals surface area contributed by atoms with E-state index in [1.165, 1.54) is 17.5 Å². The fraction of sp³-hybridized carbons (Fsp3) is 0.700. The second-order valence-electron chi connectivity index (χ2n) is 8.02. The van der Waals surface area contributed by atoms with Crippen LogP contribution < -0.4 is 10.6 Å². The number of nitrogens with one attached hydrogen (secondary N) is 2. The van der Waals surface area contributed by atoms with Gasteiger partial charge in [-0.1, -0.05) is 0 Å². The van der Waals surface area contributed by atoms with Crippen LogP contribution in [-0.4, -0.2) is 40.9 Å². The molecule has 7 nitrogen and oxygen atoms in total. The molecule has 1 aliphatic rings. The minimum atomic E-state index is -0.475. The fourth-order valence-electron chi connectivity index (χ4n) is 3.15. The van der Waals surface area contributed by atoms with E-state index in [-0.39, 0.29) is 12.0 Å². The molecular weight excluding hydrogens is 344 g/mol. The topological polar surface area (TPSA) is 93.2 Å². The SMILES string of the molecule is CC(C)(C)OC(=O)NCCCCCNC(=O)Cc1nncc2c1CCCC2. The lowest BCUT2D eigenvalue weighted by Crippen LogP contribution is -2.33. The maximum Gasteiger partial charge on any atom is 0.407 e. The number of aromatic nitrogens is 2. The molecule has 0 fully saturated rings. The Morgan fingerprint density at radius 1 is 1.07 bits per heavy atom. The van der Waals surface area contributed by atoms with Gasteiger partial charge in [0.2, 0.25) is 5.91 Å². The first kappa shape index (κ1) is 21.1. The molecule has 0 aromatic carbocycles. The first-order valence-corrected chi connectivity index (χ1v) is 9.91. The number of hydrogen-bond donors (Lipinski definition) is 2. The molecule has 1 heterocycles. The molecule has 1 aromatic rings. The number of rotatable bonds is 8. The average molecular weight is 377 g/mol. The van der Waals surface area contributed by atoms with Crippen LogP contribution in [0.25, 0.3) is 0 Å². The molecule has 2 amide bonds. The first-order chi connectivity index (χ1) is 12.8. The molecule has 0 saturated carbocycles. The van der Waals surface area contributed by atoms with Gasteiger partial charge >= 0.3 is 6.09 Å². The summed E-state index contributed by atoms with van der Waals surface area (Å²) in [6.07, 6.45) is 8.79. The van der Waals surface area contributed by atoms with Crippen LogP contribution in [0.4, 0.5) is 4.79 Å². The number of amides is 2. The molecular formula is C20H32N4O3. The van der Waals surface area contributed by atoms with Gasteiger partial charge in [0.25, 0.3) is 0 Å². The predicted molar refractivity (Wildman–Crippen MR) is 103 cm³/mol. The molecule has 0 saturated heterocycles. The number of ether oxygens (including phenoxy) is 1. The number of alkyl carbamates (subject to hydrolysis) is 1. The van der Waals surface area contributed by atoms with Gasteiger partial charge in [-0.15, -0.1) is 0 Å². The van der Waals surface area contributed by atoms with Crippen molar-refractivity contribution in [1.29, 1.82) is 0 Å². The van der Waals surface area contributed by atoms with E-state index < -0.39 is 5.60 Å². The Labute approximate surface area is 161 Å². The molecule has 7 heteroatoms. The molecule has 0 radical (unpaired) electrons. The molecule has 27 heavy (non-hydrogen) atoms. The van der Waals surface area contributed by atoms with Crippen molar-refractivity contribution in [3.05, 3.63) is 23.0 Å². The van der Waals surface area contributed by atoms with Gasteiger partial charge in [-0.05, 0) is 76.8 Å². The summed E-state index contributed by atoms with van der Waals surface area (Å²) in [6.45, 7) is 6.73. The van der Waals surface area contributed by atoms with Crippen molar-refractivity contribution in [2.45, 2.75) is 77.7 Å². The molecule has 1 aromatic heterocycles. The second-order valence-corrected chi connectivity index (χ2v) is 8.02. The van der Waals surface area contributed by atoms with Crippen LogP contribution in [-0.2, 0) is 28.8 Å². The van der Waals surface area contributed by atoms with Crippen molar-refractivity contribution >= 4 is 12.0 Å². The standard InChI is InChI=1S/C20H32N4O3/c1-20(2,3)27-19(26)22-12-8-4-7-11-21-18(25)13-17-16-10-6-5-9-15(16)14-23-24-17/h14H,4-13H2,1-3H3,(H,21,25)(H,22,26). The summed E-state index contributed by atoms with van der Waals surface area (Å²) < 4.78 is 5.17. The maximum absolute atomic E-state index is 12.2. The molecule has 2 N–H and O–H groups in total. The van der Waals surface area contributed by atoms with Crippen LogP contribution in [0.2, 0.25) is 0 Å². The summed E-state index contributed by atoms with van der Waals surface area (Å²) in [7, 11) is 0. The summed E-state index contributed by atoms with van der Waals surface area (Å²) in [5, 5.41) is 13.9. The zero-order valence-corrected chi connectivity index (χ0v) is 16.8. The Morgan fingerprint density at radius 3 is 2.52 bits per heavy atom. The van der Waals surface area contributed by atoms with Gasteiger partial charge in [0, 0.05) is 13.1 Å². The smallest absolute Gasteiger partial charge is 0.407 e. The van der Waals surface area contributed by atoms with Gasteiger partial charge in [-0.2, -0.15) is 10.2 Å². The number of fused-ring (bicyclic) bond motifs is 1. The van der Waals surface area contributed by atoms with Gasteiger partial charge < -0.3 is 15.4 Å². The van der Waals surface area contributed by atoms with E-state index in [1.54, 1.807) is 0 Å². The van der Waals surface area contributed by atoms with Gasteiger partial charge in [0.15, 0.2) is 0 Å². The van der Waals surface area contributed by atoms with E-state index in [1.807, 2.05) is 27.0 Å². The lowest BCUT2D eigenvalue weighted by molar-refractivity contribution is -0.120. The third kappa shape index (κ3) is 7.93. The Morgan fingerprint density at radius 2 is 1.78 bits per heavy atom. The van der Waals surface area contributed by atoms with Crippen molar-refractivity contribution in [2.75, 3.05) is 13.1 Å².